The zero-order valence-corrected chi connectivity index (χ0v) is 15.6. The fourth-order valence-corrected chi connectivity index (χ4v) is 4.41. The molecule has 0 unspecified atom stereocenters. The predicted molar refractivity (Wildman–Crippen MR) is 101 cm³/mol. The number of thiophene rings is 1. The van der Waals surface area contributed by atoms with Crippen molar-refractivity contribution in [2.75, 3.05) is 25.7 Å². The molecule has 0 bridgehead atoms. The highest BCUT2D eigenvalue weighted by atomic mass is 32.2. The van der Waals surface area contributed by atoms with E-state index in [1.165, 1.54) is 11.3 Å². The highest BCUT2D eigenvalue weighted by molar-refractivity contribution is 7.97. The van der Waals surface area contributed by atoms with Gasteiger partial charge in [-0.2, -0.15) is 0 Å². The molecule has 3 rings (SSSR count). The molecule has 6 nitrogen and oxygen atoms in total. The third-order valence-corrected chi connectivity index (χ3v) is 5.92. The number of carbonyl (C=O) groups excluding carboxylic acids is 1. The Morgan fingerprint density at radius 3 is 2.56 bits per heavy atom. The molecule has 0 amide bonds. The van der Waals surface area contributed by atoms with Crippen LogP contribution < -0.4 is 15.0 Å². The van der Waals surface area contributed by atoms with Gasteiger partial charge in [0.15, 0.2) is 5.06 Å². The lowest BCUT2D eigenvalue weighted by molar-refractivity contribution is -0.0979. The van der Waals surface area contributed by atoms with Crippen molar-refractivity contribution in [1.82, 2.24) is 4.31 Å². The zero-order chi connectivity index (χ0) is 18.1. The maximum absolute atomic E-state index is 9.22. The molecule has 2 aromatic rings. The number of hydrogen-bond donors (Lipinski definition) is 2. The van der Waals surface area contributed by atoms with E-state index in [4.69, 9.17) is 14.3 Å². The van der Waals surface area contributed by atoms with Crippen LogP contribution in [0.3, 0.4) is 0 Å². The molecule has 0 spiro atoms. The monoisotopic (exact) mass is 382 g/mol. The van der Waals surface area contributed by atoms with Crippen molar-refractivity contribution >= 4 is 35.1 Å². The largest absolute Gasteiger partial charge is 0.490 e. The van der Waals surface area contributed by atoms with Crippen LogP contribution in [0.15, 0.2) is 41.3 Å². The Morgan fingerprint density at radius 2 is 1.96 bits per heavy atom. The van der Waals surface area contributed by atoms with Gasteiger partial charge in [-0.1, -0.05) is 29.5 Å². The molecule has 2 N–H and O–H groups in total. The van der Waals surface area contributed by atoms with Crippen LogP contribution in [0.25, 0.3) is 0 Å². The van der Waals surface area contributed by atoms with Gasteiger partial charge in [0.25, 0.3) is 0 Å². The average Bonchev–Trinajstić information content (AvgIpc) is 3.08. The number of nitrogens with one attached hydrogen (secondary N) is 1. The van der Waals surface area contributed by atoms with Gasteiger partial charge in [0.05, 0.1) is 12.0 Å². The van der Waals surface area contributed by atoms with E-state index in [0.717, 1.165) is 46.6 Å². The van der Waals surface area contributed by atoms with E-state index in [1.54, 1.807) is 19.1 Å². The molecule has 1 aliphatic heterocycles. The van der Waals surface area contributed by atoms with Gasteiger partial charge < -0.3 is 14.3 Å². The minimum Gasteiger partial charge on any atom is -0.490 e. The van der Waals surface area contributed by atoms with Gasteiger partial charge in [-0.05, 0) is 36.9 Å². The molecule has 0 radical (unpaired) electrons. The number of hydrogen-bond acceptors (Lipinski definition) is 8. The first-order valence-electron chi connectivity index (χ1n) is 7.80. The van der Waals surface area contributed by atoms with Crippen molar-refractivity contribution in [3.63, 3.8) is 0 Å². The number of carbonyl (C=O) groups is 1. The quantitative estimate of drug-likeness (QED) is 0.579. The molecule has 1 aliphatic rings. The number of methoxy groups -OCH3 is 1. The maximum atomic E-state index is 9.22. The highest BCUT2D eigenvalue weighted by Crippen LogP contribution is 2.41. The summed E-state index contributed by atoms with van der Waals surface area (Å²) in [5.74, 6) is 0.938. The minimum atomic E-state index is 0.265. The van der Waals surface area contributed by atoms with E-state index in [9.17, 15) is 5.21 Å². The number of benzene rings is 1. The molecule has 136 valence electrons. The zero-order valence-electron chi connectivity index (χ0n) is 14.0. The molecule has 8 heteroatoms. The normalized spacial score (nSPS) is 15.1. The summed E-state index contributed by atoms with van der Waals surface area (Å²) >= 11 is 3.04. The van der Waals surface area contributed by atoms with Gasteiger partial charge in [0.2, 0.25) is 0 Å². The Bertz CT molecular complexity index is 631. The van der Waals surface area contributed by atoms with Crippen LogP contribution in [0.5, 0.6) is 10.8 Å². The molecule has 1 aromatic heterocycles. The van der Waals surface area contributed by atoms with Crippen molar-refractivity contribution in [2.24, 2.45) is 0 Å². The lowest BCUT2D eigenvalue weighted by Crippen LogP contribution is -2.34. The Labute approximate surface area is 155 Å². The second kappa shape index (κ2) is 10.3. The summed E-state index contributed by atoms with van der Waals surface area (Å²) in [7, 11) is 1.63. The third-order valence-electron chi connectivity index (χ3n) is 3.65. The lowest BCUT2D eigenvalue weighted by atomic mass is 10.1. The third kappa shape index (κ3) is 5.64. The van der Waals surface area contributed by atoms with E-state index in [0.29, 0.717) is 0 Å². The van der Waals surface area contributed by atoms with Crippen molar-refractivity contribution < 1.29 is 19.5 Å². The molecule has 0 aliphatic carbocycles. The van der Waals surface area contributed by atoms with Crippen molar-refractivity contribution in [2.45, 2.75) is 23.8 Å². The standard InChI is InChI=1S/C16H20N2O3S2.CH2O/c1-20-15-11-14(16(17-19)22-15)23-18-9-7-13(8-10-18)21-12-5-3-2-4-6-12;1-2/h2-6,11,13,17,19H,7-10H2,1H3;1H2. The molecular weight excluding hydrogens is 360 g/mol. The van der Waals surface area contributed by atoms with Crippen LogP contribution in [0, 0.1) is 0 Å². The molecular formula is C17H22N2O4S2. The number of nitrogens with zero attached hydrogens (tertiary/aromatic N) is 1. The van der Waals surface area contributed by atoms with Gasteiger partial charge in [-0.15, -0.1) is 0 Å². The second-order valence-electron chi connectivity index (χ2n) is 5.23. The summed E-state index contributed by atoms with van der Waals surface area (Å²) in [5.41, 5.74) is 2.25. The molecule has 25 heavy (non-hydrogen) atoms. The number of para-hydroxylation sites is 1. The Morgan fingerprint density at radius 1 is 1.28 bits per heavy atom. The second-order valence-corrected chi connectivity index (χ2v) is 7.38. The predicted octanol–water partition coefficient (Wildman–Crippen LogP) is 3.92. The van der Waals surface area contributed by atoms with Crippen molar-refractivity contribution in [3.05, 3.63) is 36.4 Å². The van der Waals surface area contributed by atoms with Gasteiger partial charge in [-0.25, -0.2) is 4.31 Å². The van der Waals surface area contributed by atoms with Gasteiger partial charge in [0, 0.05) is 19.2 Å². The summed E-state index contributed by atoms with van der Waals surface area (Å²) in [6.45, 7) is 3.90. The number of ether oxygens (including phenoxy) is 2. The van der Waals surface area contributed by atoms with Crippen LogP contribution in [0.1, 0.15) is 12.8 Å². The first kappa shape index (κ1) is 19.6. The molecule has 2 heterocycles. The topological polar surface area (TPSA) is 71.0 Å². The molecule has 0 saturated carbocycles. The fraction of sp³-hybridized carbons (Fsp3) is 0.353. The van der Waals surface area contributed by atoms with E-state index in [2.05, 4.69) is 9.79 Å². The van der Waals surface area contributed by atoms with Crippen molar-refractivity contribution in [3.8, 4) is 10.8 Å². The van der Waals surface area contributed by atoms with Gasteiger partial charge >= 0.3 is 0 Å². The summed E-state index contributed by atoms with van der Waals surface area (Å²) in [6, 6.07) is 11.9. The van der Waals surface area contributed by atoms with Crippen LogP contribution in [0.2, 0.25) is 0 Å². The SMILES string of the molecule is C=O.COc1cc(SN2CCC(Oc3ccccc3)CC2)c(NO)s1. The van der Waals surface area contributed by atoms with Crippen LogP contribution in [-0.4, -0.2) is 42.6 Å². The van der Waals surface area contributed by atoms with E-state index in [1.807, 2.05) is 43.2 Å². The fourth-order valence-electron chi connectivity index (χ4n) is 2.47. The molecule has 1 fully saturated rings. The van der Waals surface area contributed by atoms with E-state index in [-0.39, 0.29) is 6.10 Å². The summed E-state index contributed by atoms with van der Waals surface area (Å²) in [4.78, 5) is 8.98. The van der Waals surface area contributed by atoms with E-state index >= 15 is 0 Å². The lowest BCUT2D eigenvalue weighted by Gasteiger charge is -2.31. The first-order valence-corrected chi connectivity index (χ1v) is 9.39. The van der Waals surface area contributed by atoms with E-state index < -0.39 is 0 Å². The van der Waals surface area contributed by atoms with Crippen LogP contribution in [0.4, 0.5) is 5.00 Å². The minimum absolute atomic E-state index is 0.265. The average molecular weight is 383 g/mol. The van der Waals surface area contributed by atoms with Gasteiger partial charge in [-0.3, -0.25) is 10.7 Å². The van der Waals surface area contributed by atoms with Gasteiger partial charge in [0.1, 0.15) is 23.6 Å². The highest BCUT2D eigenvalue weighted by Gasteiger charge is 2.23. The number of rotatable bonds is 6. The summed E-state index contributed by atoms with van der Waals surface area (Å²) in [6.07, 6.45) is 2.25. The number of anilines is 1. The molecule has 0 atom stereocenters. The Kier molecular flexibility index (Phi) is 8.07. The number of piperidine rings is 1. The maximum Gasteiger partial charge on any atom is 0.176 e. The Hall–Kier alpha value is -1.74. The van der Waals surface area contributed by atoms with Crippen LogP contribution >= 0.6 is 23.3 Å². The molecule has 1 saturated heterocycles. The summed E-state index contributed by atoms with van der Waals surface area (Å²) < 4.78 is 13.5. The van der Waals surface area contributed by atoms with Crippen LogP contribution in [-0.2, 0) is 4.79 Å². The smallest absolute Gasteiger partial charge is 0.176 e. The molecule has 1 aromatic carbocycles. The first-order chi connectivity index (χ1) is 12.3. The summed E-state index contributed by atoms with van der Waals surface area (Å²) in [5, 5.41) is 10.7. The van der Waals surface area contributed by atoms with Crippen molar-refractivity contribution in [1.29, 1.82) is 0 Å². The Balaban J connectivity index is 0.00000109.